The van der Waals surface area contributed by atoms with Gasteiger partial charge < -0.3 is 9.84 Å². The summed E-state index contributed by atoms with van der Waals surface area (Å²) in [6.07, 6.45) is 3.59. The molecule has 0 fully saturated rings. The molecule has 3 aromatic carbocycles. The summed E-state index contributed by atoms with van der Waals surface area (Å²) in [4.78, 5) is 18.1. The topological polar surface area (TPSA) is 64.3 Å². The first-order valence-electron chi connectivity index (χ1n) is 9.62. The Kier molecular flexibility index (Phi) is 5.11. The van der Waals surface area contributed by atoms with Crippen molar-refractivity contribution in [2.45, 2.75) is 13.8 Å². The molecule has 0 aliphatic rings. The molecule has 0 saturated heterocycles. The molecule has 0 aliphatic carbocycles. The maximum absolute atomic E-state index is 13.3. The molecule has 0 saturated carbocycles. The van der Waals surface area contributed by atoms with Crippen molar-refractivity contribution in [2.75, 3.05) is 7.11 Å². The van der Waals surface area contributed by atoms with Crippen LogP contribution in [0.15, 0.2) is 65.5 Å². The Morgan fingerprint density at radius 3 is 2.50 bits per heavy atom. The van der Waals surface area contributed by atoms with E-state index < -0.39 is 0 Å². The van der Waals surface area contributed by atoms with Crippen LogP contribution in [-0.2, 0) is 0 Å². The van der Waals surface area contributed by atoms with E-state index in [2.05, 4.69) is 0 Å². The van der Waals surface area contributed by atoms with Gasteiger partial charge in [-0.1, -0.05) is 30.3 Å². The van der Waals surface area contributed by atoms with Gasteiger partial charge in [0.2, 0.25) is 0 Å². The molecule has 4 aromatic rings. The summed E-state index contributed by atoms with van der Waals surface area (Å²) < 4.78 is 6.71. The van der Waals surface area contributed by atoms with Gasteiger partial charge in [0.05, 0.1) is 23.7 Å². The van der Waals surface area contributed by atoms with Gasteiger partial charge in [-0.05, 0) is 73.0 Å². The molecule has 1 N–H and O–H groups in total. The van der Waals surface area contributed by atoms with Crippen LogP contribution in [0.25, 0.3) is 28.7 Å². The number of para-hydroxylation sites is 1. The van der Waals surface area contributed by atoms with Gasteiger partial charge in [-0.3, -0.25) is 9.36 Å². The number of aryl methyl sites for hydroxylation is 2. The van der Waals surface area contributed by atoms with Crippen molar-refractivity contribution in [3.63, 3.8) is 0 Å². The molecule has 1 aromatic heterocycles. The maximum Gasteiger partial charge on any atom is 0.266 e. The lowest BCUT2D eigenvalue weighted by molar-refractivity contribution is 0.373. The minimum absolute atomic E-state index is 0.0534. The van der Waals surface area contributed by atoms with Gasteiger partial charge >= 0.3 is 0 Å². The third-order valence-electron chi connectivity index (χ3n) is 5.18. The van der Waals surface area contributed by atoms with E-state index in [1.165, 1.54) is 7.11 Å². The zero-order chi connectivity index (χ0) is 21.3. The SMILES string of the molecule is COc1ccc(C=Cc2nc3ccccc3c(=O)n2-c2ccc(C)c(C)c2)cc1O. The van der Waals surface area contributed by atoms with E-state index in [0.717, 1.165) is 22.4 Å². The van der Waals surface area contributed by atoms with Crippen molar-refractivity contribution >= 4 is 23.1 Å². The van der Waals surface area contributed by atoms with Crippen LogP contribution in [0.1, 0.15) is 22.5 Å². The van der Waals surface area contributed by atoms with Gasteiger partial charge in [-0.25, -0.2) is 4.98 Å². The molecule has 0 aliphatic heterocycles. The second kappa shape index (κ2) is 7.87. The molecule has 4 rings (SSSR count). The number of ether oxygens (including phenoxy) is 1. The van der Waals surface area contributed by atoms with E-state index in [-0.39, 0.29) is 11.3 Å². The standard InChI is InChI=1S/C25H22N2O3/c1-16-8-11-19(14-17(16)2)27-24(26-21-7-5-4-6-20(21)25(27)29)13-10-18-9-12-23(30-3)22(28)15-18/h4-15,28H,1-3H3. The molecular weight excluding hydrogens is 376 g/mol. The molecule has 1 heterocycles. The zero-order valence-corrected chi connectivity index (χ0v) is 17.1. The van der Waals surface area contributed by atoms with Gasteiger partial charge in [-0.2, -0.15) is 0 Å². The zero-order valence-electron chi connectivity index (χ0n) is 17.1. The Morgan fingerprint density at radius 1 is 0.967 bits per heavy atom. The molecular formula is C25H22N2O3. The van der Waals surface area contributed by atoms with Crippen LogP contribution in [-0.4, -0.2) is 21.8 Å². The predicted octanol–water partition coefficient (Wildman–Crippen LogP) is 4.89. The number of benzene rings is 3. The Hall–Kier alpha value is -3.86. The van der Waals surface area contributed by atoms with Crippen LogP contribution in [0.4, 0.5) is 0 Å². The number of rotatable bonds is 4. The Bertz CT molecular complexity index is 1340. The fourth-order valence-corrected chi connectivity index (χ4v) is 3.36. The average Bonchev–Trinajstić information content (AvgIpc) is 2.74. The number of hydrogen-bond donors (Lipinski definition) is 1. The van der Waals surface area contributed by atoms with Gasteiger partial charge in [0.25, 0.3) is 5.56 Å². The second-order valence-corrected chi connectivity index (χ2v) is 7.16. The summed E-state index contributed by atoms with van der Waals surface area (Å²) in [6.45, 7) is 4.06. The summed E-state index contributed by atoms with van der Waals surface area (Å²) >= 11 is 0. The van der Waals surface area contributed by atoms with Crippen LogP contribution in [0.3, 0.4) is 0 Å². The van der Waals surface area contributed by atoms with E-state index >= 15 is 0 Å². The second-order valence-electron chi connectivity index (χ2n) is 7.16. The average molecular weight is 398 g/mol. The molecule has 30 heavy (non-hydrogen) atoms. The van der Waals surface area contributed by atoms with Crippen LogP contribution in [0.2, 0.25) is 0 Å². The number of fused-ring (bicyclic) bond motifs is 1. The molecule has 0 spiro atoms. The van der Waals surface area contributed by atoms with Gasteiger partial charge in [0.1, 0.15) is 5.82 Å². The maximum atomic E-state index is 13.3. The van der Waals surface area contributed by atoms with Crippen molar-refractivity contribution in [1.82, 2.24) is 9.55 Å². The highest BCUT2D eigenvalue weighted by molar-refractivity contribution is 5.80. The van der Waals surface area contributed by atoms with E-state index in [0.29, 0.717) is 22.5 Å². The normalized spacial score (nSPS) is 11.3. The Balaban J connectivity index is 1.90. The first-order valence-corrected chi connectivity index (χ1v) is 9.62. The number of phenols is 1. The highest BCUT2D eigenvalue weighted by atomic mass is 16.5. The number of nitrogens with zero attached hydrogens (tertiary/aromatic N) is 2. The van der Waals surface area contributed by atoms with Gasteiger partial charge in [0, 0.05) is 0 Å². The summed E-state index contributed by atoms with van der Waals surface area (Å²) in [7, 11) is 1.51. The molecule has 0 bridgehead atoms. The number of phenolic OH excluding ortho intramolecular Hbond substituents is 1. The summed E-state index contributed by atoms with van der Waals surface area (Å²) in [5, 5.41) is 10.6. The number of aromatic nitrogens is 2. The summed E-state index contributed by atoms with van der Waals surface area (Å²) in [5.74, 6) is 0.970. The number of hydrogen-bond acceptors (Lipinski definition) is 4. The van der Waals surface area contributed by atoms with E-state index in [1.807, 2.05) is 62.4 Å². The van der Waals surface area contributed by atoms with Crippen LogP contribution >= 0.6 is 0 Å². The lowest BCUT2D eigenvalue weighted by Crippen LogP contribution is -2.22. The Labute approximate surface area is 174 Å². The summed E-state index contributed by atoms with van der Waals surface area (Å²) in [6, 6.07) is 18.4. The Morgan fingerprint density at radius 2 is 1.77 bits per heavy atom. The molecule has 0 radical (unpaired) electrons. The van der Waals surface area contributed by atoms with Crippen molar-refractivity contribution in [3.8, 4) is 17.2 Å². The molecule has 0 unspecified atom stereocenters. The van der Waals surface area contributed by atoms with E-state index in [1.54, 1.807) is 28.8 Å². The highest BCUT2D eigenvalue weighted by Gasteiger charge is 2.12. The molecule has 0 atom stereocenters. The van der Waals surface area contributed by atoms with Crippen molar-refractivity contribution in [3.05, 3.63) is 93.5 Å². The summed E-state index contributed by atoms with van der Waals surface area (Å²) in [5.41, 5.74) is 4.30. The smallest absolute Gasteiger partial charge is 0.266 e. The van der Waals surface area contributed by atoms with Crippen LogP contribution in [0.5, 0.6) is 11.5 Å². The third-order valence-corrected chi connectivity index (χ3v) is 5.18. The number of methoxy groups -OCH3 is 1. The van der Waals surface area contributed by atoms with Crippen LogP contribution in [0, 0.1) is 13.8 Å². The van der Waals surface area contributed by atoms with Crippen molar-refractivity contribution in [2.24, 2.45) is 0 Å². The fourth-order valence-electron chi connectivity index (χ4n) is 3.36. The highest BCUT2D eigenvalue weighted by Crippen LogP contribution is 2.27. The molecule has 5 heteroatoms. The van der Waals surface area contributed by atoms with Gasteiger partial charge in [0.15, 0.2) is 11.5 Å². The van der Waals surface area contributed by atoms with Gasteiger partial charge in [-0.15, -0.1) is 0 Å². The molecule has 0 amide bonds. The minimum atomic E-state index is -0.124. The van der Waals surface area contributed by atoms with Crippen molar-refractivity contribution in [1.29, 1.82) is 0 Å². The quantitative estimate of drug-likeness (QED) is 0.532. The fraction of sp³-hybridized carbons (Fsp3) is 0.120. The predicted molar refractivity (Wildman–Crippen MR) is 120 cm³/mol. The minimum Gasteiger partial charge on any atom is -0.504 e. The monoisotopic (exact) mass is 398 g/mol. The lowest BCUT2D eigenvalue weighted by atomic mass is 10.1. The lowest BCUT2D eigenvalue weighted by Gasteiger charge is -2.13. The first-order chi connectivity index (χ1) is 14.5. The first kappa shape index (κ1) is 19.5. The third kappa shape index (κ3) is 3.57. The molecule has 5 nitrogen and oxygen atoms in total. The number of aromatic hydroxyl groups is 1. The van der Waals surface area contributed by atoms with Crippen molar-refractivity contribution < 1.29 is 9.84 Å². The van der Waals surface area contributed by atoms with E-state index in [9.17, 15) is 9.90 Å². The van der Waals surface area contributed by atoms with E-state index in [4.69, 9.17) is 9.72 Å². The van der Waals surface area contributed by atoms with Crippen LogP contribution < -0.4 is 10.3 Å². The molecule has 150 valence electrons. The largest absolute Gasteiger partial charge is 0.504 e.